The fourth-order valence-electron chi connectivity index (χ4n) is 2.11. The van der Waals surface area contributed by atoms with E-state index in [1.165, 1.54) is 11.1 Å². The second-order valence-electron chi connectivity index (χ2n) is 4.62. The summed E-state index contributed by atoms with van der Waals surface area (Å²) in [5, 5.41) is 3.44. The Labute approximate surface area is 114 Å². The fourth-order valence-corrected chi connectivity index (χ4v) is 2.11. The quantitative estimate of drug-likeness (QED) is 0.823. The van der Waals surface area contributed by atoms with Gasteiger partial charge in [-0.2, -0.15) is 0 Å². The summed E-state index contributed by atoms with van der Waals surface area (Å²) in [5.41, 5.74) is 2.39. The number of hydrogen-bond donors (Lipinski definition) is 1. The third-order valence-corrected chi connectivity index (χ3v) is 3.06. The first-order chi connectivity index (χ1) is 9.29. The predicted molar refractivity (Wildman–Crippen MR) is 76.4 cm³/mol. The first-order valence-corrected chi connectivity index (χ1v) is 6.74. The van der Waals surface area contributed by atoms with Gasteiger partial charge in [-0.3, -0.25) is 0 Å². The molecule has 1 aromatic heterocycles. The summed E-state index contributed by atoms with van der Waals surface area (Å²) in [6.45, 7) is 5.79. The molecule has 19 heavy (non-hydrogen) atoms. The molecule has 2 rings (SSSR count). The van der Waals surface area contributed by atoms with Crippen LogP contribution in [0.1, 0.15) is 30.5 Å². The van der Waals surface area contributed by atoms with Crippen LogP contribution >= 0.6 is 0 Å². The highest BCUT2D eigenvalue weighted by Crippen LogP contribution is 2.18. The lowest BCUT2D eigenvalue weighted by Gasteiger charge is -2.16. The van der Waals surface area contributed by atoms with Crippen LogP contribution in [0.5, 0.6) is 5.75 Å². The van der Waals surface area contributed by atoms with Crippen molar-refractivity contribution in [1.82, 2.24) is 5.32 Å². The van der Waals surface area contributed by atoms with Crippen molar-refractivity contribution in [3.63, 3.8) is 0 Å². The van der Waals surface area contributed by atoms with E-state index >= 15 is 0 Å². The maximum absolute atomic E-state index is 5.79. The van der Waals surface area contributed by atoms with Gasteiger partial charge in [-0.25, -0.2) is 0 Å². The number of rotatable bonds is 7. The molecule has 102 valence electrons. The lowest BCUT2D eigenvalue weighted by atomic mass is 10.1. The first-order valence-electron chi connectivity index (χ1n) is 6.74. The van der Waals surface area contributed by atoms with Crippen LogP contribution in [0.25, 0.3) is 0 Å². The third-order valence-electron chi connectivity index (χ3n) is 3.06. The number of nitrogens with one attached hydrogen (secondary N) is 1. The van der Waals surface area contributed by atoms with Gasteiger partial charge >= 0.3 is 0 Å². The third kappa shape index (κ3) is 4.14. The van der Waals surface area contributed by atoms with Gasteiger partial charge in [0.1, 0.15) is 5.75 Å². The summed E-state index contributed by atoms with van der Waals surface area (Å²) >= 11 is 0. The Morgan fingerprint density at radius 1 is 1.32 bits per heavy atom. The number of aryl methyl sites for hydroxylation is 1. The van der Waals surface area contributed by atoms with Gasteiger partial charge in [0.2, 0.25) is 0 Å². The number of benzene rings is 1. The number of hydrogen-bond acceptors (Lipinski definition) is 3. The molecular formula is C16H21NO2. The second-order valence-corrected chi connectivity index (χ2v) is 4.62. The highest BCUT2D eigenvalue weighted by Gasteiger charge is 2.11. The average Bonchev–Trinajstić information content (AvgIpc) is 2.91. The molecule has 2 aromatic rings. The molecule has 0 spiro atoms. The average molecular weight is 259 g/mol. The standard InChI is InChI=1S/C16H21NO2/c1-3-17-16(14-7-9-18-12-14)8-10-19-15-6-4-5-13(2)11-15/h4-7,9,11-12,16-17H,3,8,10H2,1-2H3. The minimum atomic E-state index is 0.286. The monoisotopic (exact) mass is 259 g/mol. The molecule has 1 atom stereocenters. The maximum atomic E-state index is 5.79. The second kappa shape index (κ2) is 7.00. The van der Waals surface area contributed by atoms with E-state index in [-0.39, 0.29) is 6.04 Å². The predicted octanol–water partition coefficient (Wildman–Crippen LogP) is 3.71. The maximum Gasteiger partial charge on any atom is 0.119 e. The Balaban J connectivity index is 1.86. The van der Waals surface area contributed by atoms with Crippen LogP contribution in [0.4, 0.5) is 0 Å². The lowest BCUT2D eigenvalue weighted by Crippen LogP contribution is -2.22. The smallest absolute Gasteiger partial charge is 0.119 e. The zero-order chi connectivity index (χ0) is 13.5. The van der Waals surface area contributed by atoms with Gasteiger partial charge in [0.25, 0.3) is 0 Å². The van der Waals surface area contributed by atoms with Crippen LogP contribution in [0.3, 0.4) is 0 Å². The van der Waals surface area contributed by atoms with E-state index in [0.29, 0.717) is 6.61 Å². The van der Waals surface area contributed by atoms with Crippen LogP contribution in [0.15, 0.2) is 47.3 Å². The highest BCUT2D eigenvalue weighted by molar-refractivity contribution is 5.27. The van der Waals surface area contributed by atoms with Gasteiger partial charge in [-0.05, 0) is 37.2 Å². The molecule has 1 heterocycles. The summed E-state index contributed by atoms with van der Waals surface area (Å²) in [5.74, 6) is 0.933. The topological polar surface area (TPSA) is 34.4 Å². The zero-order valence-corrected chi connectivity index (χ0v) is 11.6. The van der Waals surface area contributed by atoms with Crippen molar-refractivity contribution in [3.8, 4) is 5.75 Å². The molecule has 0 amide bonds. The Bertz CT molecular complexity index is 479. The Kier molecular flexibility index (Phi) is 5.04. The van der Waals surface area contributed by atoms with E-state index in [1.807, 2.05) is 18.2 Å². The van der Waals surface area contributed by atoms with Gasteiger partial charge in [0, 0.05) is 18.0 Å². The van der Waals surface area contributed by atoms with Gasteiger partial charge in [-0.15, -0.1) is 0 Å². The van der Waals surface area contributed by atoms with Crippen molar-refractivity contribution in [2.45, 2.75) is 26.3 Å². The van der Waals surface area contributed by atoms with E-state index in [4.69, 9.17) is 9.15 Å². The fraction of sp³-hybridized carbons (Fsp3) is 0.375. The van der Waals surface area contributed by atoms with E-state index < -0.39 is 0 Å². The molecule has 1 unspecified atom stereocenters. The van der Waals surface area contributed by atoms with Gasteiger partial charge in [0.15, 0.2) is 0 Å². The van der Waals surface area contributed by atoms with Crippen molar-refractivity contribution in [2.75, 3.05) is 13.2 Å². The van der Waals surface area contributed by atoms with Crippen LogP contribution in [0.2, 0.25) is 0 Å². The largest absolute Gasteiger partial charge is 0.494 e. The summed E-state index contributed by atoms with van der Waals surface area (Å²) in [6.07, 6.45) is 4.42. The molecule has 1 aromatic carbocycles. The molecule has 1 N–H and O–H groups in total. The summed E-state index contributed by atoms with van der Waals surface area (Å²) in [4.78, 5) is 0. The summed E-state index contributed by atoms with van der Waals surface area (Å²) < 4.78 is 10.9. The normalized spacial score (nSPS) is 12.3. The molecule has 0 saturated carbocycles. The molecule has 0 radical (unpaired) electrons. The molecule has 0 bridgehead atoms. The molecule has 0 fully saturated rings. The lowest BCUT2D eigenvalue weighted by molar-refractivity contribution is 0.287. The Morgan fingerprint density at radius 2 is 2.21 bits per heavy atom. The van der Waals surface area contributed by atoms with Crippen LogP contribution in [-0.4, -0.2) is 13.2 Å². The van der Waals surface area contributed by atoms with Gasteiger partial charge in [0.05, 0.1) is 19.1 Å². The van der Waals surface area contributed by atoms with Crippen molar-refractivity contribution >= 4 is 0 Å². The van der Waals surface area contributed by atoms with Crippen LogP contribution < -0.4 is 10.1 Å². The van der Waals surface area contributed by atoms with E-state index in [1.54, 1.807) is 12.5 Å². The van der Waals surface area contributed by atoms with Crippen molar-refractivity contribution < 1.29 is 9.15 Å². The molecule has 0 aliphatic rings. The number of furan rings is 1. The van der Waals surface area contributed by atoms with Gasteiger partial charge < -0.3 is 14.5 Å². The molecule has 0 aliphatic carbocycles. The van der Waals surface area contributed by atoms with Crippen LogP contribution in [-0.2, 0) is 0 Å². The van der Waals surface area contributed by atoms with Crippen molar-refractivity contribution in [1.29, 1.82) is 0 Å². The first kappa shape index (κ1) is 13.7. The Hall–Kier alpha value is -1.74. The molecule has 3 heteroatoms. The zero-order valence-electron chi connectivity index (χ0n) is 11.6. The van der Waals surface area contributed by atoms with Crippen molar-refractivity contribution in [3.05, 3.63) is 54.0 Å². The van der Waals surface area contributed by atoms with Crippen molar-refractivity contribution in [2.24, 2.45) is 0 Å². The van der Waals surface area contributed by atoms with E-state index in [9.17, 15) is 0 Å². The minimum Gasteiger partial charge on any atom is -0.494 e. The molecule has 0 aliphatic heterocycles. The minimum absolute atomic E-state index is 0.286. The van der Waals surface area contributed by atoms with E-state index in [0.717, 1.165) is 18.7 Å². The highest BCUT2D eigenvalue weighted by atomic mass is 16.5. The van der Waals surface area contributed by atoms with E-state index in [2.05, 4.69) is 31.3 Å². The summed E-state index contributed by atoms with van der Waals surface area (Å²) in [7, 11) is 0. The Morgan fingerprint density at radius 3 is 2.89 bits per heavy atom. The SMILES string of the molecule is CCNC(CCOc1cccc(C)c1)c1ccoc1. The molecule has 0 saturated heterocycles. The molecule has 3 nitrogen and oxygen atoms in total. The van der Waals surface area contributed by atoms with Crippen LogP contribution in [0, 0.1) is 6.92 Å². The summed E-state index contributed by atoms with van der Waals surface area (Å²) in [6, 6.07) is 10.4. The van der Waals surface area contributed by atoms with Gasteiger partial charge in [-0.1, -0.05) is 19.1 Å². The number of ether oxygens (including phenoxy) is 1. The molecular weight excluding hydrogens is 238 g/mol.